The van der Waals surface area contributed by atoms with Crippen molar-refractivity contribution in [2.24, 2.45) is 0 Å². The summed E-state index contributed by atoms with van der Waals surface area (Å²) in [5, 5.41) is 5.76. The second-order valence-electron chi connectivity index (χ2n) is 8.95. The molecule has 2 unspecified atom stereocenters. The predicted molar refractivity (Wildman–Crippen MR) is 126 cm³/mol. The Hall–Kier alpha value is -2.49. The van der Waals surface area contributed by atoms with Gasteiger partial charge in [-0.2, -0.15) is 4.31 Å². The lowest BCUT2D eigenvalue weighted by molar-refractivity contribution is 0.248. The first-order chi connectivity index (χ1) is 15.8. The monoisotopic (exact) mass is 474 g/mol. The minimum Gasteiger partial charge on any atom is -0.335 e. The van der Waals surface area contributed by atoms with E-state index in [1.165, 1.54) is 22.5 Å². The number of benzene rings is 2. The van der Waals surface area contributed by atoms with Crippen molar-refractivity contribution in [2.45, 2.75) is 42.5 Å². The zero-order valence-corrected chi connectivity index (χ0v) is 19.7. The Bertz CT molecular complexity index is 1080. The lowest BCUT2D eigenvalue weighted by Gasteiger charge is -2.20. The molecule has 0 aromatic heterocycles. The molecule has 1 saturated carbocycles. The van der Waals surface area contributed by atoms with Crippen molar-refractivity contribution in [1.29, 1.82) is 0 Å². The number of urea groups is 1. The topological polar surface area (TPSA) is 81.8 Å². The molecule has 33 heavy (non-hydrogen) atoms. The van der Waals surface area contributed by atoms with E-state index in [2.05, 4.69) is 15.5 Å². The number of amides is 2. The van der Waals surface area contributed by atoms with Crippen molar-refractivity contribution in [3.05, 3.63) is 59.9 Å². The summed E-state index contributed by atoms with van der Waals surface area (Å²) in [7, 11) is -1.63. The second-order valence-corrected chi connectivity index (χ2v) is 10.9. The Morgan fingerprint density at radius 1 is 1.03 bits per heavy atom. The molecule has 1 heterocycles. The maximum absolute atomic E-state index is 13.2. The molecule has 178 valence electrons. The maximum atomic E-state index is 13.2. The molecule has 2 aliphatic rings. The Kier molecular flexibility index (Phi) is 7.31. The average molecular weight is 475 g/mol. The second kappa shape index (κ2) is 10.2. The van der Waals surface area contributed by atoms with Gasteiger partial charge in [0.05, 0.1) is 4.90 Å². The Morgan fingerprint density at radius 2 is 1.82 bits per heavy atom. The molecule has 0 spiro atoms. The number of hydrogen-bond donors (Lipinski definition) is 2. The first kappa shape index (κ1) is 23.7. The molecule has 2 aromatic carbocycles. The molecule has 9 heteroatoms. The van der Waals surface area contributed by atoms with Gasteiger partial charge in [-0.1, -0.05) is 18.2 Å². The summed E-state index contributed by atoms with van der Waals surface area (Å²) in [6.07, 6.45) is 3.34. The van der Waals surface area contributed by atoms with Crippen LogP contribution in [0, 0.1) is 5.82 Å². The summed E-state index contributed by atoms with van der Waals surface area (Å²) >= 11 is 0. The molecule has 4 rings (SSSR count). The van der Waals surface area contributed by atoms with Crippen molar-refractivity contribution >= 4 is 21.7 Å². The highest BCUT2D eigenvalue weighted by Gasteiger charge is 2.28. The normalized spacial score (nSPS) is 22.6. The minimum absolute atomic E-state index is 0.0149. The summed E-state index contributed by atoms with van der Waals surface area (Å²) in [6, 6.07) is 12.6. The molecule has 2 aromatic rings. The van der Waals surface area contributed by atoms with Crippen molar-refractivity contribution in [1.82, 2.24) is 14.5 Å². The summed E-state index contributed by atoms with van der Waals surface area (Å²) < 4.78 is 40.9. The van der Waals surface area contributed by atoms with Crippen molar-refractivity contribution in [3.63, 3.8) is 0 Å². The van der Waals surface area contributed by atoms with Crippen LogP contribution < -0.4 is 10.6 Å². The van der Waals surface area contributed by atoms with E-state index in [1.54, 1.807) is 30.3 Å². The number of carbonyl (C=O) groups excluding carboxylic acids is 1. The fourth-order valence-corrected chi connectivity index (χ4v) is 6.17. The van der Waals surface area contributed by atoms with E-state index < -0.39 is 10.0 Å². The van der Waals surface area contributed by atoms with Crippen molar-refractivity contribution in [2.75, 3.05) is 38.5 Å². The van der Waals surface area contributed by atoms with Crippen molar-refractivity contribution < 1.29 is 17.6 Å². The van der Waals surface area contributed by atoms with Gasteiger partial charge in [-0.15, -0.1) is 0 Å². The van der Waals surface area contributed by atoms with E-state index in [0.29, 0.717) is 25.3 Å². The minimum atomic E-state index is -3.62. The van der Waals surface area contributed by atoms with Crippen LogP contribution in [-0.2, 0) is 10.0 Å². The highest BCUT2D eigenvalue weighted by atomic mass is 32.2. The lowest BCUT2D eigenvalue weighted by atomic mass is 9.97. The van der Waals surface area contributed by atoms with Crippen LogP contribution in [0.25, 0.3) is 0 Å². The lowest BCUT2D eigenvalue weighted by Crippen LogP contribution is -2.36. The number of likely N-dealkylation sites (N-methyl/N-ethyl adjacent to an activating group) is 1. The van der Waals surface area contributed by atoms with Crippen LogP contribution in [0.15, 0.2) is 53.4 Å². The van der Waals surface area contributed by atoms with E-state index in [1.807, 2.05) is 7.05 Å². The van der Waals surface area contributed by atoms with Crippen LogP contribution in [0.3, 0.4) is 0 Å². The van der Waals surface area contributed by atoms with Gasteiger partial charge in [0.15, 0.2) is 0 Å². The Balaban J connectivity index is 1.35. The van der Waals surface area contributed by atoms with Crippen LogP contribution in [0.2, 0.25) is 0 Å². The number of nitrogens with one attached hydrogen (secondary N) is 2. The molecule has 2 atom stereocenters. The number of nitrogens with zero attached hydrogens (tertiary/aromatic N) is 2. The van der Waals surface area contributed by atoms with Gasteiger partial charge in [0, 0.05) is 31.4 Å². The molecule has 1 aliphatic carbocycles. The zero-order valence-electron chi connectivity index (χ0n) is 18.8. The molecule has 0 bridgehead atoms. The summed E-state index contributed by atoms with van der Waals surface area (Å²) in [5.74, 6) is 0.0373. The van der Waals surface area contributed by atoms with Crippen molar-refractivity contribution in [3.8, 4) is 0 Å². The third-order valence-corrected chi connectivity index (χ3v) is 8.41. The predicted octanol–water partition coefficient (Wildman–Crippen LogP) is 3.61. The Labute approximate surface area is 195 Å². The first-order valence-corrected chi connectivity index (χ1v) is 12.9. The van der Waals surface area contributed by atoms with Gasteiger partial charge in [-0.3, -0.25) is 0 Å². The number of hydrogen-bond acceptors (Lipinski definition) is 4. The molecule has 7 nitrogen and oxygen atoms in total. The average Bonchev–Trinajstić information content (AvgIpc) is 3.12. The number of carbonyl (C=O) groups is 1. The van der Waals surface area contributed by atoms with Gasteiger partial charge in [0.2, 0.25) is 10.0 Å². The van der Waals surface area contributed by atoms with Gasteiger partial charge >= 0.3 is 6.03 Å². The van der Waals surface area contributed by atoms with E-state index in [4.69, 9.17) is 0 Å². The molecule has 1 saturated heterocycles. The molecule has 2 fully saturated rings. The molecular formula is C24H31FN4O3S. The quantitative estimate of drug-likeness (QED) is 0.694. The van der Waals surface area contributed by atoms with Crippen LogP contribution in [0.1, 0.15) is 37.2 Å². The first-order valence-electron chi connectivity index (χ1n) is 11.4. The van der Waals surface area contributed by atoms with Crippen LogP contribution in [0.5, 0.6) is 0 Å². The van der Waals surface area contributed by atoms with E-state index in [0.717, 1.165) is 37.8 Å². The standard InChI is InChI=1S/C24H31FN4O3S/c1-28-12-3-13-29(15-14-28)33(31,32)23-5-2-4-21(17-23)26-24(30)27-22-11-8-19(16-22)18-6-9-20(25)10-7-18/h2,4-7,9-10,17,19,22H,3,8,11-16H2,1H3,(H2,26,27,30). The molecule has 0 radical (unpaired) electrons. The van der Waals surface area contributed by atoms with Gasteiger partial charge < -0.3 is 15.5 Å². The zero-order chi connectivity index (χ0) is 23.4. The summed E-state index contributed by atoms with van der Waals surface area (Å²) in [4.78, 5) is 14.9. The molecular weight excluding hydrogens is 443 g/mol. The number of rotatable bonds is 5. The fraction of sp³-hybridized carbons (Fsp3) is 0.458. The third-order valence-electron chi connectivity index (χ3n) is 6.52. The summed E-state index contributed by atoms with van der Waals surface area (Å²) in [5.41, 5.74) is 1.52. The van der Waals surface area contributed by atoms with E-state index in [-0.39, 0.29) is 28.7 Å². The highest BCUT2D eigenvalue weighted by Crippen LogP contribution is 2.34. The van der Waals surface area contributed by atoms with Crippen LogP contribution >= 0.6 is 0 Å². The third kappa shape index (κ3) is 5.90. The van der Waals surface area contributed by atoms with Crippen LogP contribution in [-0.4, -0.2) is 62.9 Å². The SMILES string of the molecule is CN1CCCN(S(=O)(=O)c2cccc(NC(=O)NC3CCC(c4ccc(F)cc4)C3)c2)CC1. The Morgan fingerprint density at radius 3 is 2.61 bits per heavy atom. The molecule has 1 aliphatic heterocycles. The molecule has 2 amide bonds. The largest absolute Gasteiger partial charge is 0.335 e. The smallest absolute Gasteiger partial charge is 0.319 e. The maximum Gasteiger partial charge on any atom is 0.319 e. The number of anilines is 1. The van der Waals surface area contributed by atoms with Crippen LogP contribution in [0.4, 0.5) is 14.9 Å². The molecule has 2 N–H and O–H groups in total. The van der Waals surface area contributed by atoms with Gasteiger partial charge in [-0.05, 0) is 81.1 Å². The van der Waals surface area contributed by atoms with Gasteiger partial charge in [-0.25, -0.2) is 17.6 Å². The summed E-state index contributed by atoms with van der Waals surface area (Å²) in [6.45, 7) is 2.51. The fourth-order valence-electron chi connectivity index (χ4n) is 4.65. The van der Waals surface area contributed by atoms with Gasteiger partial charge in [0.1, 0.15) is 5.82 Å². The highest BCUT2D eigenvalue weighted by molar-refractivity contribution is 7.89. The number of halogens is 1. The van der Waals surface area contributed by atoms with E-state index >= 15 is 0 Å². The van der Waals surface area contributed by atoms with Gasteiger partial charge in [0.25, 0.3) is 0 Å². The number of sulfonamides is 1. The van der Waals surface area contributed by atoms with E-state index in [9.17, 15) is 17.6 Å².